The maximum absolute atomic E-state index is 13.6. The van der Waals surface area contributed by atoms with E-state index in [-0.39, 0.29) is 19.6 Å². The third kappa shape index (κ3) is 9.47. The second kappa shape index (κ2) is 18.4. The number of nitrogens with zero attached hydrogens (tertiary/aromatic N) is 3. The fraction of sp³-hybridized carbons (Fsp3) is 0.410. The number of ether oxygens (including phenoxy) is 2. The molecule has 2 aromatic carbocycles. The van der Waals surface area contributed by atoms with Crippen molar-refractivity contribution in [1.29, 1.82) is 5.26 Å². The Bertz CT molecular complexity index is 1910. The molecular weight excluding hydrogens is 687 g/mol. The molecule has 0 bridgehead atoms. The van der Waals surface area contributed by atoms with Crippen LogP contribution < -0.4 is 14.8 Å². The molecule has 0 fully saturated rings. The minimum atomic E-state index is -0.826. The average molecular weight is 733 g/mol. The second-order valence-corrected chi connectivity index (χ2v) is 15.7. The van der Waals surface area contributed by atoms with Crippen molar-refractivity contribution in [3.63, 3.8) is 0 Å². The van der Waals surface area contributed by atoms with E-state index in [1.54, 1.807) is 13.0 Å². The topological polar surface area (TPSA) is 95.8 Å². The molecule has 0 saturated heterocycles. The molecule has 1 atom stereocenters. The molecular formula is C39H46N3O5S3+. The minimum absolute atomic E-state index is 0.0540. The van der Waals surface area contributed by atoms with Crippen LogP contribution in [-0.2, 0) is 14.3 Å². The summed E-state index contributed by atoms with van der Waals surface area (Å²) in [5.74, 6) is 0.564. The number of anilines is 1. The smallest absolute Gasteiger partial charge is 0.338 e. The van der Waals surface area contributed by atoms with Gasteiger partial charge in [0.2, 0.25) is 5.36 Å². The van der Waals surface area contributed by atoms with Gasteiger partial charge in [-0.1, -0.05) is 49.1 Å². The molecule has 4 rings (SSSR count). The minimum Gasteiger partial charge on any atom is -0.462 e. The lowest BCUT2D eigenvalue weighted by Crippen LogP contribution is -2.29. The summed E-state index contributed by atoms with van der Waals surface area (Å²) in [6, 6.07) is 22.1. The summed E-state index contributed by atoms with van der Waals surface area (Å²) in [7, 11) is 0. The molecule has 1 aliphatic carbocycles. The van der Waals surface area contributed by atoms with E-state index in [4.69, 9.17) is 26.1 Å². The Kier molecular flexibility index (Phi) is 14.3. The molecule has 8 nitrogen and oxygen atoms in total. The van der Waals surface area contributed by atoms with E-state index >= 15 is 0 Å². The first kappa shape index (κ1) is 38.9. The molecule has 11 heteroatoms. The van der Waals surface area contributed by atoms with Gasteiger partial charge in [0.1, 0.15) is 45.9 Å². The Balaban J connectivity index is 1.60. The molecule has 1 aliphatic heterocycles. The van der Waals surface area contributed by atoms with Crippen molar-refractivity contribution in [2.75, 3.05) is 50.0 Å². The molecule has 2 aliphatic rings. The Morgan fingerprint density at radius 1 is 0.960 bits per heavy atom. The first-order valence-electron chi connectivity index (χ1n) is 17.1. The number of hydrogen-bond acceptors (Lipinski definition) is 10. The van der Waals surface area contributed by atoms with E-state index < -0.39 is 16.7 Å². The number of rotatable bonds is 15. The van der Waals surface area contributed by atoms with Crippen molar-refractivity contribution >= 4 is 67.9 Å². The lowest BCUT2D eigenvalue weighted by atomic mass is 9.90. The summed E-state index contributed by atoms with van der Waals surface area (Å²) in [4.78, 5) is 28.4. The van der Waals surface area contributed by atoms with Crippen molar-refractivity contribution in [3.05, 3.63) is 71.6 Å². The summed E-state index contributed by atoms with van der Waals surface area (Å²) >= 11 is 8.13. The van der Waals surface area contributed by atoms with Gasteiger partial charge in [-0.2, -0.15) is 5.26 Å². The maximum atomic E-state index is 13.6. The van der Waals surface area contributed by atoms with Crippen LogP contribution in [0.4, 0.5) is 5.69 Å². The Morgan fingerprint density at radius 2 is 1.68 bits per heavy atom. The number of carbonyl (C=O) groups excluding carboxylic acids is 2. The normalized spacial score (nSPS) is 12.3. The summed E-state index contributed by atoms with van der Waals surface area (Å²) < 4.78 is 19.7. The van der Waals surface area contributed by atoms with Crippen LogP contribution >= 0.6 is 35.7 Å². The quantitative estimate of drug-likeness (QED) is 0.0390. The van der Waals surface area contributed by atoms with Crippen molar-refractivity contribution < 1.29 is 23.5 Å². The first-order chi connectivity index (χ1) is 24.1. The third-order valence-electron chi connectivity index (χ3n) is 8.56. The third-order valence-corrected chi connectivity index (χ3v) is 11.2. The first-order valence-corrected chi connectivity index (χ1v) is 19.3. The monoisotopic (exact) mass is 732 g/mol. The number of carbonyl (C=O) groups is 2. The van der Waals surface area contributed by atoms with Crippen molar-refractivity contribution in [3.8, 4) is 28.5 Å². The van der Waals surface area contributed by atoms with E-state index in [2.05, 4.69) is 79.6 Å². The van der Waals surface area contributed by atoms with Crippen molar-refractivity contribution in [2.24, 2.45) is 0 Å². The highest BCUT2D eigenvalue weighted by Gasteiger charge is 2.28. The zero-order valence-corrected chi connectivity index (χ0v) is 32.2. The zero-order chi connectivity index (χ0) is 36.3. The molecule has 0 radical (unpaired) electrons. The van der Waals surface area contributed by atoms with Gasteiger partial charge in [-0.05, 0) is 76.6 Å². The largest absolute Gasteiger partial charge is 0.462 e. The van der Waals surface area contributed by atoms with Crippen LogP contribution in [0, 0.1) is 11.3 Å². The van der Waals surface area contributed by atoms with Crippen LogP contribution in [0.1, 0.15) is 64.7 Å². The Morgan fingerprint density at radius 3 is 2.36 bits per heavy atom. The molecule has 1 unspecified atom stereocenters. The van der Waals surface area contributed by atoms with Gasteiger partial charge in [0.05, 0.1) is 17.7 Å². The summed E-state index contributed by atoms with van der Waals surface area (Å²) in [5.41, 5.74) is 4.67. The number of esters is 2. The van der Waals surface area contributed by atoms with Gasteiger partial charge in [0.25, 0.3) is 0 Å². The standard InChI is InChI=1S/C39H46N3O5S3/c1-7-41(8-2)27-16-18-31-33(24-27)47-34-25-28(42(9-3)10-4)17-19-32(34)36(31)29-14-12-13-15-30(29)37(44)46-23-22-45-35(43)20-21-39(6,26-40)50-38(48)49-11-5/h12-19,24-25H,7-11,20-23H2,1-6H3/q+1. The fourth-order valence-corrected chi connectivity index (χ4v) is 8.75. The number of fused-ring (bicyclic) bond motifs is 2. The average Bonchev–Trinajstić information content (AvgIpc) is 3.12. The molecule has 50 heavy (non-hydrogen) atoms. The van der Waals surface area contributed by atoms with E-state index in [0.29, 0.717) is 15.5 Å². The fourth-order valence-electron chi connectivity index (χ4n) is 5.85. The molecule has 0 N–H and O–H groups in total. The molecule has 1 heterocycles. The highest BCUT2D eigenvalue weighted by Crippen LogP contribution is 2.42. The van der Waals surface area contributed by atoms with E-state index in [0.717, 1.165) is 76.4 Å². The van der Waals surface area contributed by atoms with E-state index in [9.17, 15) is 14.9 Å². The predicted octanol–water partition coefficient (Wildman–Crippen LogP) is 8.40. The van der Waals surface area contributed by atoms with E-state index in [1.807, 2.05) is 25.1 Å². The highest BCUT2D eigenvalue weighted by atomic mass is 32.2. The number of thiocarbonyl (C=S) groups is 1. The second-order valence-electron chi connectivity index (χ2n) is 11.7. The van der Waals surface area contributed by atoms with Gasteiger partial charge in [-0.15, -0.1) is 11.8 Å². The van der Waals surface area contributed by atoms with Crippen LogP contribution in [0.2, 0.25) is 0 Å². The molecule has 0 amide bonds. The summed E-state index contributed by atoms with van der Waals surface area (Å²) in [5, 5.41) is 11.6. The van der Waals surface area contributed by atoms with Crippen LogP contribution in [0.5, 0.6) is 0 Å². The molecule has 264 valence electrons. The van der Waals surface area contributed by atoms with Gasteiger partial charge in [-0.25, -0.2) is 9.37 Å². The van der Waals surface area contributed by atoms with Crippen molar-refractivity contribution in [2.45, 2.75) is 59.1 Å². The molecule has 2 aromatic rings. The van der Waals surface area contributed by atoms with Gasteiger partial charge in [-0.3, -0.25) is 4.79 Å². The number of benzene rings is 3. The summed E-state index contributed by atoms with van der Waals surface area (Å²) in [6.45, 7) is 15.5. The predicted molar refractivity (Wildman–Crippen MR) is 211 cm³/mol. The lowest BCUT2D eigenvalue weighted by molar-refractivity contribution is -0.144. The molecule has 0 aromatic heterocycles. The Labute approximate surface area is 309 Å². The van der Waals surface area contributed by atoms with Gasteiger partial charge in [0.15, 0.2) is 0 Å². The highest BCUT2D eigenvalue weighted by molar-refractivity contribution is 8.47. The lowest BCUT2D eigenvalue weighted by Gasteiger charge is -2.22. The molecule has 0 spiro atoms. The van der Waals surface area contributed by atoms with Crippen LogP contribution in [0.25, 0.3) is 33.4 Å². The van der Waals surface area contributed by atoms with Crippen LogP contribution in [0.3, 0.4) is 0 Å². The van der Waals surface area contributed by atoms with Crippen LogP contribution in [-0.4, -0.2) is 65.4 Å². The number of nitriles is 1. The van der Waals surface area contributed by atoms with E-state index in [1.165, 1.54) is 23.5 Å². The van der Waals surface area contributed by atoms with Crippen molar-refractivity contribution in [1.82, 2.24) is 4.58 Å². The van der Waals surface area contributed by atoms with Gasteiger partial charge < -0.3 is 18.8 Å². The van der Waals surface area contributed by atoms with Gasteiger partial charge in [0, 0.05) is 53.8 Å². The SMILES string of the molecule is CCSC(=S)SC(C)(C#N)CCC(=O)OCCOC(=O)c1ccccc1-c1c2ccc(=[N+](CC)CC)cc-2oc2cc(N(CC)CC)ccc12. The molecule has 0 saturated carbocycles. The zero-order valence-electron chi connectivity index (χ0n) is 29.7. The maximum Gasteiger partial charge on any atom is 0.338 e. The number of hydrogen-bond donors (Lipinski definition) is 0. The number of thioether (sulfide) groups is 2. The van der Waals surface area contributed by atoms with Crippen LogP contribution in [0.15, 0.2) is 65.1 Å². The Hall–Kier alpha value is -3.85. The summed E-state index contributed by atoms with van der Waals surface area (Å²) in [6.07, 6.45) is 0.348. The van der Waals surface area contributed by atoms with Gasteiger partial charge >= 0.3 is 11.9 Å².